The first-order valence-corrected chi connectivity index (χ1v) is 7.32. The molecular formula is C16H18FN3O2. The third-order valence-electron chi connectivity index (χ3n) is 3.73. The van der Waals surface area contributed by atoms with Crippen LogP contribution in [0.5, 0.6) is 5.88 Å². The average Bonchev–Trinajstić information content (AvgIpc) is 2.90. The molecule has 0 bridgehead atoms. The van der Waals surface area contributed by atoms with Crippen LogP contribution in [0.4, 0.5) is 10.2 Å². The quantitative estimate of drug-likeness (QED) is 0.939. The maximum Gasteiger partial charge on any atom is 0.218 e. The first-order chi connectivity index (χ1) is 10.7. The number of aromatic nitrogens is 2. The van der Waals surface area contributed by atoms with Crippen molar-refractivity contribution in [2.45, 2.75) is 25.5 Å². The van der Waals surface area contributed by atoms with E-state index in [1.54, 1.807) is 12.1 Å². The van der Waals surface area contributed by atoms with Gasteiger partial charge in [-0.3, -0.25) is 0 Å². The van der Waals surface area contributed by atoms with E-state index >= 15 is 0 Å². The van der Waals surface area contributed by atoms with Gasteiger partial charge in [-0.05, 0) is 31.0 Å². The second-order valence-corrected chi connectivity index (χ2v) is 5.26. The molecule has 3 rings (SSSR count). The van der Waals surface area contributed by atoms with Gasteiger partial charge in [0.25, 0.3) is 0 Å². The summed E-state index contributed by atoms with van der Waals surface area (Å²) in [6.45, 7) is 2.85. The highest BCUT2D eigenvalue weighted by atomic mass is 19.1. The van der Waals surface area contributed by atoms with Crippen molar-refractivity contribution in [2.24, 2.45) is 0 Å². The van der Waals surface area contributed by atoms with Gasteiger partial charge in [-0.15, -0.1) is 0 Å². The Kier molecular flexibility index (Phi) is 4.20. The van der Waals surface area contributed by atoms with Crippen LogP contribution < -0.4 is 9.64 Å². The standard InChI is InChI=1S/C16H18FN3O2/c1-2-22-16-8-15(18-10-19-16)20-9-13(21)7-14(20)11-4-3-5-12(17)6-11/h3-6,8,10,13-14,21H,2,7,9H2,1H3/t13-,14-/m1/s1. The maximum atomic E-state index is 13.5. The zero-order valence-electron chi connectivity index (χ0n) is 12.3. The van der Waals surface area contributed by atoms with E-state index in [2.05, 4.69) is 9.97 Å². The van der Waals surface area contributed by atoms with Crippen LogP contribution in [0.25, 0.3) is 0 Å². The number of nitrogens with zero attached hydrogens (tertiary/aromatic N) is 3. The highest BCUT2D eigenvalue weighted by Crippen LogP contribution is 2.36. The van der Waals surface area contributed by atoms with E-state index in [4.69, 9.17) is 4.74 Å². The number of hydrogen-bond acceptors (Lipinski definition) is 5. The van der Waals surface area contributed by atoms with Crippen molar-refractivity contribution in [2.75, 3.05) is 18.1 Å². The zero-order chi connectivity index (χ0) is 15.5. The maximum absolute atomic E-state index is 13.5. The summed E-state index contributed by atoms with van der Waals surface area (Å²) in [5.41, 5.74) is 0.827. The van der Waals surface area contributed by atoms with Crippen molar-refractivity contribution in [1.29, 1.82) is 0 Å². The Morgan fingerprint density at radius 2 is 2.23 bits per heavy atom. The van der Waals surface area contributed by atoms with Gasteiger partial charge < -0.3 is 14.7 Å². The minimum atomic E-state index is -0.473. The molecule has 0 aliphatic carbocycles. The van der Waals surface area contributed by atoms with Gasteiger partial charge in [-0.2, -0.15) is 0 Å². The molecule has 2 heterocycles. The molecule has 0 amide bonds. The number of aliphatic hydroxyl groups is 1. The molecule has 1 aliphatic heterocycles. The molecule has 0 saturated carbocycles. The number of ether oxygens (including phenoxy) is 1. The molecule has 0 radical (unpaired) electrons. The van der Waals surface area contributed by atoms with Crippen molar-refractivity contribution in [3.8, 4) is 5.88 Å². The van der Waals surface area contributed by atoms with Gasteiger partial charge in [0.1, 0.15) is 18.0 Å². The summed E-state index contributed by atoms with van der Waals surface area (Å²) >= 11 is 0. The van der Waals surface area contributed by atoms with E-state index in [1.807, 2.05) is 17.9 Å². The molecule has 116 valence electrons. The lowest BCUT2D eigenvalue weighted by Crippen LogP contribution is -2.25. The van der Waals surface area contributed by atoms with Crippen LogP contribution >= 0.6 is 0 Å². The van der Waals surface area contributed by atoms with E-state index in [0.29, 0.717) is 31.3 Å². The summed E-state index contributed by atoms with van der Waals surface area (Å²) < 4.78 is 18.9. The van der Waals surface area contributed by atoms with Crippen LogP contribution in [-0.2, 0) is 0 Å². The molecule has 0 unspecified atom stereocenters. The Hall–Kier alpha value is -2.21. The summed E-state index contributed by atoms with van der Waals surface area (Å²) in [4.78, 5) is 10.3. The van der Waals surface area contributed by atoms with E-state index in [9.17, 15) is 9.50 Å². The second kappa shape index (κ2) is 6.27. The monoisotopic (exact) mass is 303 g/mol. The van der Waals surface area contributed by atoms with Crippen molar-refractivity contribution in [3.05, 3.63) is 48.0 Å². The average molecular weight is 303 g/mol. The number of hydrogen-bond donors (Lipinski definition) is 1. The fraction of sp³-hybridized carbons (Fsp3) is 0.375. The molecule has 22 heavy (non-hydrogen) atoms. The minimum Gasteiger partial charge on any atom is -0.478 e. The molecule has 5 nitrogen and oxygen atoms in total. The third-order valence-corrected chi connectivity index (χ3v) is 3.73. The van der Waals surface area contributed by atoms with Crippen LogP contribution in [0.1, 0.15) is 24.9 Å². The molecular weight excluding hydrogens is 285 g/mol. The normalized spacial score (nSPS) is 21.1. The number of β-amino-alcohol motifs (C(OH)–C–C–N with tert-alkyl or cyclic N) is 1. The fourth-order valence-electron chi connectivity index (χ4n) is 2.81. The van der Waals surface area contributed by atoms with Crippen LogP contribution in [0.2, 0.25) is 0 Å². The highest BCUT2D eigenvalue weighted by molar-refractivity contribution is 5.46. The predicted octanol–water partition coefficient (Wildman–Crippen LogP) is 2.33. The van der Waals surface area contributed by atoms with Gasteiger partial charge in [0, 0.05) is 12.6 Å². The Morgan fingerprint density at radius 1 is 1.36 bits per heavy atom. The van der Waals surface area contributed by atoms with E-state index in [1.165, 1.54) is 18.5 Å². The van der Waals surface area contributed by atoms with Gasteiger partial charge in [-0.1, -0.05) is 12.1 Å². The Morgan fingerprint density at radius 3 is 3.00 bits per heavy atom. The number of rotatable bonds is 4. The van der Waals surface area contributed by atoms with Crippen LogP contribution in [0, 0.1) is 5.82 Å². The summed E-state index contributed by atoms with van der Waals surface area (Å²) in [6, 6.07) is 8.09. The van der Waals surface area contributed by atoms with Crippen molar-refractivity contribution in [1.82, 2.24) is 9.97 Å². The molecule has 0 spiro atoms. The largest absolute Gasteiger partial charge is 0.478 e. The number of halogens is 1. The van der Waals surface area contributed by atoms with Crippen molar-refractivity contribution in [3.63, 3.8) is 0 Å². The smallest absolute Gasteiger partial charge is 0.218 e. The van der Waals surface area contributed by atoms with Crippen molar-refractivity contribution >= 4 is 5.82 Å². The molecule has 6 heteroatoms. The minimum absolute atomic E-state index is 0.116. The van der Waals surface area contributed by atoms with Gasteiger partial charge in [0.15, 0.2) is 0 Å². The molecule has 1 fully saturated rings. The Balaban J connectivity index is 1.92. The molecule has 1 aromatic heterocycles. The predicted molar refractivity (Wildman–Crippen MR) is 80.3 cm³/mol. The van der Waals surface area contributed by atoms with E-state index < -0.39 is 6.10 Å². The lowest BCUT2D eigenvalue weighted by molar-refractivity contribution is 0.194. The van der Waals surface area contributed by atoms with Gasteiger partial charge in [0.2, 0.25) is 5.88 Å². The van der Waals surface area contributed by atoms with Gasteiger partial charge >= 0.3 is 0 Å². The lowest BCUT2D eigenvalue weighted by atomic mass is 10.0. The number of aliphatic hydroxyl groups excluding tert-OH is 1. The lowest BCUT2D eigenvalue weighted by Gasteiger charge is -2.25. The second-order valence-electron chi connectivity index (χ2n) is 5.26. The summed E-state index contributed by atoms with van der Waals surface area (Å²) in [7, 11) is 0. The summed E-state index contributed by atoms with van der Waals surface area (Å²) in [5, 5.41) is 10.0. The van der Waals surface area contributed by atoms with Gasteiger partial charge in [0.05, 0.1) is 18.8 Å². The zero-order valence-corrected chi connectivity index (χ0v) is 12.3. The van der Waals surface area contributed by atoms with E-state index in [0.717, 1.165) is 5.56 Å². The molecule has 2 aromatic rings. The molecule has 1 aromatic carbocycles. The summed E-state index contributed by atoms with van der Waals surface area (Å²) in [6.07, 6.45) is 1.50. The number of anilines is 1. The Labute approximate surface area is 128 Å². The third kappa shape index (κ3) is 3.01. The van der Waals surface area contributed by atoms with E-state index in [-0.39, 0.29) is 11.9 Å². The highest BCUT2D eigenvalue weighted by Gasteiger charge is 2.33. The van der Waals surface area contributed by atoms with Crippen LogP contribution in [0.3, 0.4) is 0 Å². The molecule has 1 aliphatic rings. The van der Waals surface area contributed by atoms with Gasteiger partial charge in [-0.25, -0.2) is 14.4 Å². The first-order valence-electron chi connectivity index (χ1n) is 7.32. The fourth-order valence-corrected chi connectivity index (χ4v) is 2.81. The summed E-state index contributed by atoms with van der Waals surface area (Å²) in [5.74, 6) is 0.882. The number of benzene rings is 1. The molecule has 1 saturated heterocycles. The Bertz CT molecular complexity index is 653. The SMILES string of the molecule is CCOc1cc(N2C[C@H](O)C[C@@H]2c2cccc(F)c2)ncn1. The molecule has 2 atom stereocenters. The van der Waals surface area contributed by atoms with Crippen molar-refractivity contribution < 1.29 is 14.2 Å². The van der Waals surface area contributed by atoms with Crippen LogP contribution in [-0.4, -0.2) is 34.3 Å². The topological polar surface area (TPSA) is 58.5 Å². The molecule has 1 N–H and O–H groups in total. The first kappa shape index (κ1) is 14.7. The van der Waals surface area contributed by atoms with Crippen LogP contribution in [0.15, 0.2) is 36.7 Å².